The molecular formula is C21H29N5O. The Hall–Kier alpha value is -2.21. The number of likely N-dealkylation sites (tertiary alicyclic amines) is 1. The molecule has 1 fully saturated rings. The fraction of sp³-hybridized carbons (Fsp3) is 0.571. The number of aryl methyl sites for hydroxylation is 3. The van der Waals surface area contributed by atoms with E-state index in [-0.39, 0.29) is 5.91 Å². The highest BCUT2D eigenvalue weighted by molar-refractivity contribution is 5.76. The van der Waals surface area contributed by atoms with Crippen molar-refractivity contribution in [2.24, 2.45) is 0 Å². The Balaban J connectivity index is 1.39. The summed E-state index contributed by atoms with van der Waals surface area (Å²) in [7, 11) is 0. The second-order valence-electron chi connectivity index (χ2n) is 7.92. The van der Waals surface area contributed by atoms with Crippen LogP contribution in [0.2, 0.25) is 0 Å². The maximum Gasteiger partial charge on any atom is 0.222 e. The van der Waals surface area contributed by atoms with E-state index in [1.807, 2.05) is 9.58 Å². The Labute approximate surface area is 161 Å². The number of rotatable bonds is 5. The van der Waals surface area contributed by atoms with Crippen molar-refractivity contribution in [1.82, 2.24) is 24.8 Å². The van der Waals surface area contributed by atoms with Gasteiger partial charge >= 0.3 is 0 Å². The number of carbonyl (C=O) groups excluding carboxylic acids is 1. The van der Waals surface area contributed by atoms with Gasteiger partial charge < -0.3 is 4.90 Å². The molecule has 2 aliphatic heterocycles. The molecular weight excluding hydrogens is 338 g/mol. The van der Waals surface area contributed by atoms with E-state index in [1.165, 1.54) is 22.4 Å². The summed E-state index contributed by atoms with van der Waals surface area (Å²) in [6.07, 6.45) is 3.52. The number of fused-ring (bicyclic) bond motifs is 1. The summed E-state index contributed by atoms with van der Waals surface area (Å²) in [5.74, 6) is 0.261. The molecule has 1 saturated heterocycles. The normalized spacial score (nSPS) is 17.3. The topological polar surface area (TPSA) is 54.3 Å². The maximum absolute atomic E-state index is 12.3. The van der Waals surface area contributed by atoms with Crippen LogP contribution in [0.15, 0.2) is 18.2 Å². The van der Waals surface area contributed by atoms with Gasteiger partial charge in [0.25, 0.3) is 0 Å². The lowest BCUT2D eigenvalue weighted by Crippen LogP contribution is -2.34. The van der Waals surface area contributed by atoms with E-state index in [4.69, 9.17) is 0 Å². The molecule has 0 saturated carbocycles. The molecule has 1 aromatic heterocycles. The van der Waals surface area contributed by atoms with Gasteiger partial charge in [-0.05, 0) is 43.4 Å². The number of nitrogens with zero attached hydrogens (tertiary/aromatic N) is 5. The van der Waals surface area contributed by atoms with Crippen LogP contribution >= 0.6 is 0 Å². The molecule has 1 amide bonds. The molecule has 4 rings (SSSR count). The first-order valence-electron chi connectivity index (χ1n) is 10.1. The third kappa shape index (κ3) is 4.05. The van der Waals surface area contributed by atoms with E-state index in [1.54, 1.807) is 0 Å². The van der Waals surface area contributed by atoms with Gasteiger partial charge in [-0.1, -0.05) is 23.4 Å². The minimum atomic E-state index is 0.261. The average Bonchev–Trinajstić information content (AvgIpc) is 3.33. The van der Waals surface area contributed by atoms with Gasteiger partial charge in [0.05, 0.1) is 17.9 Å². The molecule has 3 heterocycles. The zero-order valence-corrected chi connectivity index (χ0v) is 16.4. The van der Waals surface area contributed by atoms with Crippen LogP contribution in [0, 0.1) is 13.8 Å². The molecule has 0 atom stereocenters. The van der Waals surface area contributed by atoms with Crippen LogP contribution in [-0.4, -0.2) is 50.3 Å². The SMILES string of the molecule is Cc1ccc(CN2CCn3nnc(CCC(=O)N4CCCC4)c3C2)cc1C. The summed E-state index contributed by atoms with van der Waals surface area (Å²) in [5.41, 5.74) is 6.21. The van der Waals surface area contributed by atoms with E-state index in [2.05, 4.69) is 47.3 Å². The van der Waals surface area contributed by atoms with Gasteiger partial charge in [-0.3, -0.25) is 9.69 Å². The quantitative estimate of drug-likeness (QED) is 0.815. The van der Waals surface area contributed by atoms with Crippen LogP contribution in [0.25, 0.3) is 0 Å². The summed E-state index contributed by atoms with van der Waals surface area (Å²) >= 11 is 0. The van der Waals surface area contributed by atoms with Crippen molar-refractivity contribution in [2.75, 3.05) is 19.6 Å². The first-order chi connectivity index (χ1) is 13.1. The standard InChI is InChI=1S/C21H29N5O/c1-16-5-6-18(13-17(16)2)14-24-11-12-26-20(15-24)19(22-23-26)7-8-21(27)25-9-3-4-10-25/h5-6,13H,3-4,7-12,14-15H2,1-2H3. The van der Waals surface area contributed by atoms with Gasteiger partial charge in [0, 0.05) is 45.6 Å². The van der Waals surface area contributed by atoms with Crippen molar-refractivity contribution in [3.8, 4) is 0 Å². The molecule has 0 radical (unpaired) electrons. The van der Waals surface area contributed by atoms with Crippen LogP contribution in [0.3, 0.4) is 0 Å². The van der Waals surface area contributed by atoms with Crippen molar-refractivity contribution >= 4 is 5.91 Å². The molecule has 0 aliphatic carbocycles. The molecule has 0 spiro atoms. The molecule has 2 aromatic rings. The van der Waals surface area contributed by atoms with Gasteiger partial charge in [0.2, 0.25) is 5.91 Å². The predicted octanol–water partition coefficient (Wildman–Crippen LogP) is 2.47. The second kappa shape index (κ2) is 7.80. The molecule has 6 heteroatoms. The van der Waals surface area contributed by atoms with E-state index < -0.39 is 0 Å². The van der Waals surface area contributed by atoms with Crippen LogP contribution in [0.1, 0.15) is 47.3 Å². The number of hydrogen-bond acceptors (Lipinski definition) is 4. The van der Waals surface area contributed by atoms with Crippen molar-refractivity contribution in [3.05, 3.63) is 46.3 Å². The molecule has 6 nitrogen and oxygen atoms in total. The summed E-state index contributed by atoms with van der Waals surface area (Å²) < 4.78 is 2.02. The van der Waals surface area contributed by atoms with Gasteiger partial charge in [0.15, 0.2) is 0 Å². The molecule has 1 aromatic carbocycles. The minimum Gasteiger partial charge on any atom is -0.343 e. The highest BCUT2D eigenvalue weighted by Crippen LogP contribution is 2.20. The Morgan fingerprint density at radius 1 is 1.07 bits per heavy atom. The fourth-order valence-corrected chi connectivity index (χ4v) is 4.09. The van der Waals surface area contributed by atoms with Crippen molar-refractivity contribution in [2.45, 2.75) is 59.2 Å². The fourth-order valence-electron chi connectivity index (χ4n) is 4.09. The minimum absolute atomic E-state index is 0.261. The molecule has 144 valence electrons. The number of carbonyl (C=O) groups is 1. The van der Waals surface area contributed by atoms with E-state index in [0.29, 0.717) is 12.8 Å². The third-order valence-corrected chi connectivity index (χ3v) is 5.93. The smallest absolute Gasteiger partial charge is 0.222 e. The lowest BCUT2D eigenvalue weighted by molar-refractivity contribution is -0.130. The summed E-state index contributed by atoms with van der Waals surface area (Å²) in [5, 5.41) is 8.69. The average molecular weight is 367 g/mol. The van der Waals surface area contributed by atoms with E-state index >= 15 is 0 Å². The van der Waals surface area contributed by atoms with Gasteiger partial charge in [-0.15, -0.1) is 5.10 Å². The predicted molar refractivity (Wildman–Crippen MR) is 104 cm³/mol. The first kappa shape index (κ1) is 18.2. The number of benzene rings is 1. The Kier molecular flexibility index (Phi) is 5.25. The molecule has 2 aliphatic rings. The molecule has 27 heavy (non-hydrogen) atoms. The van der Waals surface area contributed by atoms with Crippen LogP contribution < -0.4 is 0 Å². The van der Waals surface area contributed by atoms with Crippen molar-refractivity contribution in [3.63, 3.8) is 0 Å². The van der Waals surface area contributed by atoms with Crippen molar-refractivity contribution in [1.29, 1.82) is 0 Å². The van der Waals surface area contributed by atoms with E-state index in [9.17, 15) is 4.79 Å². The second-order valence-corrected chi connectivity index (χ2v) is 7.92. The molecule has 0 bridgehead atoms. The Morgan fingerprint density at radius 2 is 1.89 bits per heavy atom. The van der Waals surface area contributed by atoms with E-state index in [0.717, 1.165) is 57.8 Å². The first-order valence-corrected chi connectivity index (χ1v) is 10.1. The third-order valence-electron chi connectivity index (χ3n) is 5.93. The molecule has 0 N–H and O–H groups in total. The number of hydrogen-bond donors (Lipinski definition) is 0. The zero-order valence-electron chi connectivity index (χ0n) is 16.4. The summed E-state index contributed by atoms with van der Waals surface area (Å²) in [6, 6.07) is 6.72. The molecule has 0 unspecified atom stereocenters. The summed E-state index contributed by atoms with van der Waals surface area (Å²) in [6.45, 7) is 9.81. The Bertz CT molecular complexity index is 822. The lowest BCUT2D eigenvalue weighted by atomic mass is 10.1. The lowest BCUT2D eigenvalue weighted by Gasteiger charge is -2.28. The van der Waals surface area contributed by atoms with Crippen LogP contribution in [0.4, 0.5) is 0 Å². The van der Waals surface area contributed by atoms with Gasteiger partial charge in [-0.2, -0.15) is 0 Å². The summed E-state index contributed by atoms with van der Waals surface area (Å²) in [4.78, 5) is 16.8. The largest absolute Gasteiger partial charge is 0.343 e. The monoisotopic (exact) mass is 367 g/mol. The van der Waals surface area contributed by atoms with Crippen molar-refractivity contribution < 1.29 is 4.79 Å². The number of amides is 1. The van der Waals surface area contributed by atoms with Gasteiger partial charge in [0.1, 0.15) is 0 Å². The highest BCUT2D eigenvalue weighted by atomic mass is 16.2. The van der Waals surface area contributed by atoms with Crippen LogP contribution in [0.5, 0.6) is 0 Å². The maximum atomic E-state index is 12.3. The Morgan fingerprint density at radius 3 is 2.67 bits per heavy atom. The highest BCUT2D eigenvalue weighted by Gasteiger charge is 2.23. The number of aromatic nitrogens is 3. The van der Waals surface area contributed by atoms with Gasteiger partial charge in [-0.25, -0.2) is 4.68 Å². The zero-order chi connectivity index (χ0) is 18.8. The van der Waals surface area contributed by atoms with Crippen LogP contribution in [-0.2, 0) is 30.8 Å².